The average Bonchev–Trinajstić information content (AvgIpc) is 2.38. The van der Waals surface area contributed by atoms with Crippen LogP contribution >= 0.6 is 0 Å². The van der Waals surface area contributed by atoms with Gasteiger partial charge in [0.1, 0.15) is 0 Å². The average molecular weight is 176 g/mol. The van der Waals surface area contributed by atoms with Crippen LogP contribution in [0.2, 0.25) is 0 Å². The van der Waals surface area contributed by atoms with Gasteiger partial charge in [-0.2, -0.15) is 5.10 Å². The van der Waals surface area contributed by atoms with E-state index >= 15 is 0 Å². The molecule has 2 heteroatoms. The van der Waals surface area contributed by atoms with E-state index in [4.69, 9.17) is 6.42 Å². The first-order valence-corrected chi connectivity index (χ1v) is 4.67. The van der Waals surface area contributed by atoms with Gasteiger partial charge in [-0.25, -0.2) is 0 Å². The summed E-state index contributed by atoms with van der Waals surface area (Å²) in [5.41, 5.74) is 3.75. The molecule has 1 aromatic rings. The molecule has 1 heterocycles. The van der Waals surface area contributed by atoms with Crippen molar-refractivity contribution in [1.29, 1.82) is 0 Å². The third-order valence-electron chi connectivity index (χ3n) is 2.35. The van der Waals surface area contributed by atoms with Gasteiger partial charge in [0.05, 0.1) is 12.2 Å². The summed E-state index contributed by atoms with van der Waals surface area (Å²) < 4.78 is 2.01. The van der Waals surface area contributed by atoms with Crippen LogP contribution in [0.1, 0.15) is 30.3 Å². The lowest BCUT2D eigenvalue weighted by atomic mass is 10.1. The number of aromatic nitrogens is 2. The fourth-order valence-electron chi connectivity index (χ4n) is 1.63. The Morgan fingerprint density at radius 1 is 1.46 bits per heavy atom. The molecule has 0 N–H and O–H groups in total. The van der Waals surface area contributed by atoms with E-state index in [1.165, 1.54) is 11.3 Å². The Morgan fingerprint density at radius 3 is 2.62 bits per heavy atom. The van der Waals surface area contributed by atoms with E-state index in [9.17, 15) is 0 Å². The lowest BCUT2D eigenvalue weighted by molar-refractivity contribution is 0.607. The van der Waals surface area contributed by atoms with Crippen LogP contribution in [0.25, 0.3) is 0 Å². The highest BCUT2D eigenvalue weighted by molar-refractivity contribution is 5.24. The Hall–Kier alpha value is -1.23. The van der Waals surface area contributed by atoms with E-state index < -0.39 is 0 Å². The molecule has 1 rings (SSSR count). The van der Waals surface area contributed by atoms with E-state index in [2.05, 4.69) is 31.8 Å². The molecule has 2 nitrogen and oxygen atoms in total. The third kappa shape index (κ3) is 1.92. The van der Waals surface area contributed by atoms with Gasteiger partial charge in [0.2, 0.25) is 0 Å². The molecule has 0 aromatic carbocycles. The number of hydrogen-bond donors (Lipinski definition) is 0. The minimum atomic E-state index is 0.755. The summed E-state index contributed by atoms with van der Waals surface area (Å²) in [5, 5.41) is 4.44. The van der Waals surface area contributed by atoms with E-state index in [1.807, 2.05) is 4.68 Å². The summed E-state index contributed by atoms with van der Waals surface area (Å²) in [7, 11) is 0. The second-order valence-corrected chi connectivity index (χ2v) is 3.18. The van der Waals surface area contributed by atoms with E-state index in [1.54, 1.807) is 0 Å². The Morgan fingerprint density at radius 2 is 2.15 bits per heavy atom. The molecular formula is C11H16N2. The highest BCUT2D eigenvalue weighted by Crippen LogP contribution is 2.13. The zero-order valence-electron chi connectivity index (χ0n) is 8.59. The Balaban J connectivity index is 2.91. The number of rotatable bonds is 3. The van der Waals surface area contributed by atoms with Crippen molar-refractivity contribution in [2.24, 2.45) is 0 Å². The molecule has 0 aliphatic rings. The summed E-state index contributed by atoms with van der Waals surface area (Å²) in [5.74, 6) is 2.63. The molecule has 1 aromatic heterocycles. The first-order valence-electron chi connectivity index (χ1n) is 4.67. The Kier molecular flexibility index (Phi) is 3.13. The zero-order chi connectivity index (χ0) is 9.84. The summed E-state index contributed by atoms with van der Waals surface area (Å²) in [6.45, 7) is 7.15. The maximum Gasteiger partial charge on any atom is 0.0628 e. The maximum absolute atomic E-state index is 5.21. The van der Waals surface area contributed by atoms with E-state index in [0.29, 0.717) is 0 Å². The predicted molar refractivity (Wildman–Crippen MR) is 54.5 cm³/mol. The topological polar surface area (TPSA) is 17.8 Å². The highest BCUT2D eigenvalue weighted by Gasteiger charge is 2.08. The van der Waals surface area contributed by atoms with Gasteiger partial charge in [-0.05, 0) is 25.8 Å². The van der Waals surface area contributed by atoms with Crippen molar-refractivity contribution in [1.82, 2.24) is 9.78 Å². The minimum Gasteiger partial charge on any atom is -0.268 e. The minimum absolute atomic E-state index is 0.755. The molecule has 70 valence electrons. The molecule has 0 saturated carbocycles. The number of terminal acetylenes is 1. The van der Waals surface area contributed by atoms with Crippen LogP contribution in [-0.4, -0.2) is 9.78 Å². The van der Waals surface area contributed by atoms with Gasteiger partial charge in [0.15, 0.2) is 0 Å². The maximum atomic E-state index is 5.21. The fraction of sp³-hybridized carbons (Fsp3) is 0.545. The van der Waals surface area contributed by atoms with Crippen molar-refractivity contribution in [3.8, 4) is 12.3 Å². The highest BCUT2D eigenvalue weighted by atomic mass is 15.3. The van der Waals surface area contributed by atoms with Crippen molar-refractivity contribution in [3.63, 3.8) is 0 Å². The number of aryl methyl sites for hydroxylation is 2. The van der Waals surface area contributed by atoms with Crippen LogP contribution < -0.4 is 0 Å². The molecule has 0 aliphatic heterocycles. The molecule has 13 heavy (non-hydrogen) atoms. The predicted octanol–water partition coefficient (Wildman–Crippen LogP) is 2.09. The zero-order valence-corrected chi connectivity index (χ0v) is 8.59. The third-order valence-corrected chi connectivity index (χ3v) is 2.35. The summed E-state index contributed by atoms with van der Waals surface area (Å²) in [4.78, 5) is 0. The lowest BCUT2D eigenvalue weighted by Crippen LogP contribution is -2.02. The lowest BCUT2D eigenvalue weighted by Gasteiger charge is -2.01. The molecule has 0 unspecified atom stereocenters. The van der Waals surface area contributed by atoms with Gasteiger partial charge in [-0.1, -0.05) is 6.92 Å². The van der Waals surface area contributed by atoms with Crippen molar-refractivity contribution in [2.45, 2.75) is 40.2 Å². The fourth-order valence-corrected chi connectivity index (χ4v) is 1.63. The first-order chi connectivity index (χ1) is 6.20. The molecule has 0 radical (unpaired) electrons. The van der Waals surface area contributed by atoms with Gasteiger partial charge in [-0.3, -0.25) is 4.68 Å². The largest absolute Gasteiger partial charge is 0.268 e. The molecule has 0 aliphatic carbocycles. The molecule has 0 saturated heterocycles. The molecule has 0 atom stereocenters. The van der Waals surface area contributed by atoms with Gasteiger partial charge in [-0.15, -0.1) is 12.3 Å². The van der Waals surface area contributed by atoms with Gasteiger partial charge in [0.25, 0.3) is 0 Å². The smallest absolute Gasteiger partial charge is 0.0628 e. The van der Waals surface area contributed by atoms with Crippen molar-refractivity contribution in [2.75, 3.05) is 0 Å². The van der Waals surface area contributed by atoms with Crippen LogP contribution in [0.3, 0.4) is 0 Å². The molecular weight excluding hydrogens is 160 g/mol. The van der Waals surface area contributed by atoms with Crippen LogP contribution in [-0.2, 0) is 13.0 Å². The monoisotopic (exact) mass is 176 g/mol. The second-order valence-electron chi connectivity index (χ2n) is 3.18. The van der Waals surface area contributed by atoms with Gasteiger partial charge in [0, 0.05) is 12.1 Å². The van der Waals surface area contributed by atoms with Crippen LogP contribution in [0.5, 0.6) is 0 Å². The Bertz CT molecular complexity index is 329. The SMILES string of the molecule is C#CCCn1nc(C)c(CC)c1C. The van der Waals surface area contributed by atoms with E-state index in [-0.39, 0.29) is 0 Å². The van der Waals surface area contributed by atoms with Gasteiger partial charge < -0.3 is 0 Å². The van der Waals surface area contributed by atoms with Crippen LogP contribution in [0.15, 0.2) is 0 Å². The van der Waals surface area contributed by atoms with Crippen molar-refractivity contribution >= 4 is 0 Å². The van der Waals surface area contributed by atoms with E-state index in [0.717, 1.165) is 25.1 Å². The Labute approximate surface area is 80.0 Å². The van der Waals surface area contributed by atoms with Crippen LogP contribution in [0, 0.1) is 26.2 Å². The quantitative estimate of drug-likeness (QED) is 0.645. The summed E-state index contributed by atoms with van der Waals surface area (Å²) in [6, 6.07) is 0. The standard InChI is InChI=1S/C11H16N2/c1-5-7-8-13-10(4)11(6-2)9(3)12-13/h1H,6-8H2,2-4H3. The number of hydrogen-bond acceptors (Lipinski definition) is 1. The molecule has 0 spiro atoms. The first kappa shape index (κ1) is 9.85. The van der Waals surface area contributed by atoms with Crippen molar-refractivity contribution < 1.29 is 0 Å². The number of nitrogens with zero attached hydrogens (tertiary/aromatic N) is 2. The normalized spacial score (nSPS) is 10.0. The molecule has 0 fully saturated rings. The van der Waals surface area contributed by atoms with Crippen molar-refractivity contribution in [3.05, 3.63) is 17.0 Å². The van der Waals surface area contributed by atoms with Gasteiger partial charge >= 0.3 is 0 Å². The molecule has 0 amide bonds. The summed E-state index contributed by atoms with van der Waals surface area (Å²) in [6.07, 6.45) is 7.02. The molecule has 0 bridgehead atoms. The second kappa shape index (κ2) is 4.13. The van der Waals surface area contributed by atoms with Crippen LogP contribution in [0.4, 0.5) is 0 Å². The summed E-state index contributed by atoms with van der Waals surface area (Å²) >= 11 is 0.